The van der Waals surface area contributed by atoms with E-state index in [-0.39, 0.29) is 5.41 Å². The maximum Gasteiger partial charge on any atom is 0.143 e. The van der Waals surface area contributed by atoms with Gasteiger partial charge in [0, 0.05) is 11.8 Å². The molecular weight excluding hydrogens is 196 g/mol. The molecule has 1 heteroatoms. The van der Waals surface area contributed by atoms with Crippen LogP contribution in [0.25, 0.3) is 0 Å². The highest BCUT2D eigenvalue weighted by Gasteiger charge is 2.35. The standard InChI is InChI=1S/C15H20O/c1-12-7-3-4-8-13(12)11-14(16)15(2)9-5-6-10-15/h3-4,7-8H,5-6,9-11H2,1-2H3. The molecule has 1 aliphatic carbocycles. The highest BCUT2D eigenvalue weighted by molar-refractivity contribution is 5.86. The van der Waals surface area contributed by atoms with Crippen LogP contribution >= 0.6 is 0 Å². The lowest BCUT2D eigenvalue weighted by molar-refractivity contribution is -0.126. The average Bonchev–Trinajstić information content (AvgIpc) is 2.70. The van der Waals surface area contributed by atoms with Gasteiger partial charge in [0.2, 0.25) is 0 Å². The van der Waals surface area contributed by atoms with Gasteiger partial charge in [-0.25, -0.2) is 0 Å². The van der Waals surface area contributed by atoms with Crippen LogP contribution in [0.4, 0.5) is 0 Å². The Morgan fingerprint density at radius 2 is 1.88 bits per heavy atom. The van der Waals surface area contributed by atoms with E-state index in [1.807, 2.05) is 12.1 Å². The molecule has 0 spiro atoms. The molecule has 0 aromatic heterocycles. The minimum atomic E-state index is -0.0394. The summed E-state index contributed by atoms with van der Waals surface area (Å²) in [7, 11) is 0. The van der Waals surface area contributed by atoms with E-state index < -0.39 is 0 Å². The van der Waals surface area contributed by atoms with Crippen molar-refractivity contribution in [1.82, 2.24) is 0 Å². The van der Waals surface area contributed by atoms with Gasteiger partial charge in [0.05, 0.1) is 0 Å². The molecule has 2 rings (SSSR count). The van der Waals surface area contributed by atoms with Gasteiger partial charge in [-0.05, 0) is 30.9 Å². The SMILES string of the molecule is Cc1ccccc1CC(=O)C1(C)CCCC1. The summed E-state index contributed by atoms with van der Waals surface area (Å²) in [5, 5.41) is 0. The predicted molar refractivity (Wildman–Crippen MR) is 66.5 cm³/mol. The Balaban J connectivity index is 2.10. The van der Waals surface area contributed by atoms with Crippen molar-refractivity contribution >= 4 is 5.78 Å². The highest BCUT2D eigenvalue weighted by Crippen LogP contribution is 2.39. The molecule has 1 nitrogen and oxygen atoms in total. The van der Waals surface area contributed by atoms with Crippen LogP contribution in [-0.4, -0.2) is 5.78 Å². The molecule has 1 saturated carbocycles. The summed E-state index contributed by atoms with van der Waals surface area (Å²) in [4.78, 5) is 12.3. The van der Waals surface area contributed by atoms with Crippen molar-refractivity contribution < 1.29 is 4.79 Å². The second kappa shape index (κ2) is 4.40. The van der Waals surface area contributed by atoms with Crippen LogP contribution in [-0.2, 0) is 11.2 Å². The van der Waals surface area contributed by atoms with E-state index in [1.165, 1.54) is 24.0 Å². The van der Waals surface area contributed by atoms with E-state index in [0.717, 1.165) is 12.8 Å². The summed E-state index contributed by atoms with van der Waals surface area (Å²) < 4.78 is 0. The van der Waals surface area contributed by atoms with Crippen LogP contribution in [0.2, 0.25) is 0 Å². The number of benzene rings is 1. The Bertz CT molecular complexity index is 386. The molecule has 0 bridgehead atoms. The number of carbonyl (C=O) groups excluding carboxylic acids is 1. The third-order valence-electron chi connectivity index (χ3n) is 3.99. The summed E-state index contributed by atoms with van der Waals surface area (Å²) >= 11 is 0. The Kier molecular flexibility index (Phi) is 3.13. The van der Waals surface area contributed by atoms with Crippen LogP contribution in [0.15, 0.2) is 24.3 Å². The van der Waals surface area contributed by atoms with Crippen LogP contribution in [0.1, 0.15) is 43.7 Å². The Morgan fingerprint density at radius 3 is 2.50 bits per heavy atom. The summed E-state index contributed by atoms with van der Waals surface area (Å²) in [6.45, 7) is 4.22. The van der Waals surface area contributed by atoms with E-state index in [4.69, 9.17) is 0 Å². The fraction of sp³-hybridized carbons (Fsp3) is 0.533. The van der Waals surface area contributed by atoms with Gasteiger partial charge in [0.25, 0.3) is 0 Å². The normalized spacial score (nSPS) is 18.6. The molecule has 0 atom stereocenters. The molecule has 0 aliphatic heterocycles. The zero-order valence-electron chi connectivity index (χ0n) is 10.3. The van der Waals surface area contributed by atoms with Crippen LogP contribution in [0.3, 0.4) is 0 Å². The van der Waals surface area contributed by atoms with E-state index >= 15 is 0 Å². The molecule has 0 radical (unpaired) electrons. The number of hydrogen-bond donors (Lipinski definition) is 0. The van der Waals surface area contributed by atoms with Gasteiger partial charge in [-0.15, -0.1) is 0 Å². The molecule has 0 unspecified atom stereocenters. The average molecular weight is 216 g/mol. The van der Waals surface area contributed by atoms with E-state index in [0.29, 0.717) is 12.2 Å². The summed E-state index contributed by atoms with van der Waals surface area (Å²) in [5.74, 6) is 0.430. The maximum atomic E-state index is 12.3. The molecule has 86 valence electrons. The predicted octanol–water partition coefficient (Wildman–Crippen LogP) is 3.69. The van der Waals surface area contributed by atoms with Crippen LogP contribution < -0.4 is 0 Å². The Morgan fingerprint density at radius 1 is 1.25 bits per heavy atom. The van der Waals surface area contributed by atoms with Gasteiger partial charge in [0.15, 0.2) is 0 Å². The summed E-state index contributed by atoms with van der Waals surface area (Å²) in [6.07, 6.45) is 5.21. The Hall–Kier alpha value is -1.11. The topological polar surface area (TPSA) is 17.1 Å². The molecule has 0 heterocycles. The van der Waals surface area contributed by atoms with Crippen molar-refractivity contribution in [3.05, 3.63) is 35.4 Å². The molecule has 1 aromatic rings. The Labute approximate surface area is 97.9 Å². The quantitative estimate of drug-likeness (QED) is 0.753. The van der Waals surface area contributed by atoms with E-state index in [9.17, 15) is 4.79 Å². The second-order valence-corrected chi connectivity index (χ2v) is 5.29. The molecule has 1 aromatic carbocycles. The zero-order valence-corrected chi connectivity index (χ0v) is 10.3. The molecule has 16 heavy (non-hydrogen) atoms. The minimum absolute atomic E-state index is 0.0394. The van der Waals surface area contributed by atoms with Gasteiger partial charge < -0.3 is 0 Å². The summed E-state index contributed by atoms with van der Waals surface area (Å²) in [5.41, 5.74) is 2.39. The summed E-state index contributed by atoms with van der Waals surface area (Å²) in [6, 6.07) is 8.21. The minimum Gasteiger partial charge on any atom is -0.299 e. The van der Waals surface area contributed by atoms with Gasteiger partial charge in [-0.3, -0.25) is 4.79 Å². The van der Waals surface area contributed by atoms with Crippen molar-refractivity contribution in [3.8, 4) is 0 Å². The smallest absolute Gasteiger partial charge is 0.143 e. The monoisotopic (exact) mass is 216 g/mol. The lowest BCUT2D eigenvalue weighted by Crippen LogP contribution is -2.26. The zero-order chi connectivity index (χ0) is 11.6. The van der Waals surface area contributed by atoms with E-state index in [2.05, 4.69) is 26.0 Å². The lowest BCUT2D eigenvalue weighted by Gasteiger charge is -2.22. The number of hydrogen-bond acceptors (Lipinski definition) is 1. The largest absolute Gasteiger partial charge is 0.299 e. The first-order valence-corrected chi connectivity index (χ1v) is 6.20. The molecule has 1 aliphatic rings. The van der Waals surface area contributed by atoms with Crippen molar-refractivity contribution in [1.29, 1.82) is 0 Å². The molecule has 1 fully saturated rings. The molecule has 0 amide bonds. The maximum absolute atomic E-state index is 12.3. The lowest BCUT2D eigenvalue weighted by atomic mass is 9.81. The molecule has 0 N–H and O–H groups in total. The van der Waals surface area contributed by atoms with Crippen molar-refractivity contribution in [3.63, 3.8) is 0 Å². The first-order chi connectivity index (χ1) is 7.62. The third-order valence-corrected chi connectivity index (χ3v) is 3.99. The van der Waals surface area contributed by atoms with Gasteiger partial charge >= 0.3 is 0 Å². The van der Waals surface area contributed by atoms with Crippen molar-refractivity contribution in [2.45, 2.75) is 46.0 Å². The third kappa shape index (κ3) is 2.18. The number of aryl methyl sites for hydroxylation is 1. The number of rotatable bonds is 3. The van der Waals surface area contributed by atoms with Crippen molar-refractivity contribution in [2.75, 3.05) is 0 Å². The van der Waals surface area contributed by atoms with Gasteiger partial charge in [-0.1, -0.05) is 44.0 Å². The fourth-order valence-corrected chi connectivity index (χ4v) is 2.63. The number of carbonyl (C=O) groups is 1. The number of ketones is 1. The number of Topliss-reactive ketones (excluding diaryl/α,β-unsaturated/α-hetero) is 1. The van der Waals surface area contributed by atoms with Gasteiger partial charge in [-0.2, -0.15) is 0 Å². The molecule has 0 saturated heterocycles. The second-order valence-electron chi connectivity index (χ2n) is 5.29. The molecular formula is C15H20O. The first-order valence-electron chi connectivity index (χ1n) is 6.20. The van der Waals surface area contributed by atoms with Gasteiger partial charge in [0.1, 0.15) is 5.78 Å². The fourth-order valence-electron chi connectivity index (χ4n) is 2.63. The first kappa shape index (κ1) is 11.4. The van der Waals surface area contributed by atoms with Crippen LogP contribution in [0.5, 0.6) is 0 Å². The van der Waals surface area contributed by atoms with Crippen LogP contribution in [0, 0.1) is 12.3 Å². The van der Waals surface area contributed by atoms with E-state index in [1.54, 1.807) is 0 Å². The highest BCUT2D eigenvalue weighted by atomic mass is 16.1. The van der Waals surface area contributed by atoms with Crippen molar-refractivity contribution in [2.24, 2.45) is 5.41 Å².